The highest BCUT2D eigenvalue weighted by Crippen LogP contribution is 2.40. The molecule has 166 valence electrons. The fourth-order valence-corrected chi connectivity index (χ4v) is 4.03. The fraction of sp³-hybridized carbons (Fsp3) is 0.280. The molecule has 1 aliphatic rings. The van der Waals surface area contributed by atoms with Crippen LogP contribution < -0.4 is 25.2 Å². The number of H-pyrrole nitrogens is 1. The van der Waals surface area contributed by atoms with Crippen molar-refractivity contribution in [3.05, 3.63) is 75.2 Å². The van der Waals surface area contributed by atoms with E-state index in [-0.39, 0.29) is 18.0 Å². The molecule has 0 atom stereocenters. The van der Waals surface area contributed by atoms with Crippen LogP contribution >= 0.6 is 0 Å². The number of carbonyl (C=O) groups excluding carboxylic acids is 1. The minimum absolute atomic E-state index is 0.129. The van der Waals surface area contributed by atoms with Crippen LogP contribution in [0.2, 0.25) is 0 Å². The molecule has 0 saturated heterocycles. The van der Waals surface area contributed by atoms with Gasteiger partial charge in [0.1, 0.15) is 12.4 Å². The zero-order chi connectivity index (χ0) is 22.8. The molecule has 0 unspecified atom stereocenters. The zero-order valence-electron chi connectivity index (χ0n) is 18.7. The summed E-state index contributed by atoms with van der Waals surface area (Å²) in [5.74, 6) is 0.970. The quantitative estimate of drug-likeness (QED) is 0.644. The summed E-state index contributed by atoms with van der Waals surface area (Å²) in [6.45, 7) is 5.05. The monoisotopic (exact) mass is 433 g/mol. The number of carbonyl (C=O) groups is 1. The van der Waals surface area contributed by atoms with Gasteiger partial charge in [0, 0.05) is 30.4 Å². The number of hydrogen-bond acceptors (Lipinski definition) is 5. The standard InChI is InChI=1S/C25H27N3O4/c1-15-11-16(2)27-25(30)20(15)14-26-24(29)19-12-17(18-7-5-6-8-22(18)31-4)13-21-23(19)32-10-9-28(21)3/h5-8,11-13H,9-10,14H2,1-4H3,(H,26,29)(H,27,30). The lowest BCUT2D eigenvalue weighted by atomic mass is 9.98. The molecule has 2 N–H and O–H groups in total. The molecule has 0 saturated carbocycles. The van der Waals surface area contributed by atoms with Crippen molar-refractivity contribution in [2.45, 2.75) is 20.4 Å². The minimum atomic E-state index is -0.298. The number of para-hydroxylation sites is 1. The molecule has 32 heavy (non-hydrogen) atoms. The highest BCUT2D eigenvalue weighted by molar-refractivity contribution is 6.01. The molecule has 1 aliphatic heterocycles. The van der Waals surface area contributed by atoms with Crippen molar-refractivity contribution in [3.63, 3.8) is 0 Å². The van der Waals surface area contributed by atoms with E-state index in [1.54, 1.807) is 7.11 Å². The van der Waals surface area contributed by atoms with Crippen LogP contribution in [0.3, 0.4) is 0 Å². The van der Waals surface area contributed by atoms with Gasteiger partial charge in [0.05, 0.1) is 24.9 Å². The van der Waals surface area contributed by atoms with Gasteiger partial charge < -0.3 is 24.7 Å². The van der Waals surface area contributed by atoms with Crippen LogP contribution in [-0.4, -0.2) is 38.2 Å². The molecule has 0 aliphatic carbocycles. The molecular weight excluding hydrogens is 406 g/mol. The summed E-state index contributed by atoms with van der Waals surface area (Å²) in [5.41, 5.74) is 4.99. The molecule has 2 heterocycles. The lowest BCUT2D eigenvalue weighted by molar-refractivity contribution is 0.0946. The summed E-state index contributed by atoms with van der Waals surface area (Å²) in [7, 11) is 3.60. The Balaban J connectivity index is 1.73. The number of aromatic amines is 1. The van der Waals surface area contributed by atoms with E-state index in [1.807, 2.05) is 63.4 Å². The van der Waals surface area contributed by atoms with Gasteiger partial charge in [-0.3, -0.25) is 9.59 Å². The number of likely N-dealkylation sites (N-methyl/N-ethyl adjacent to an activating group) is 1. The largest absolute Gasteiger partial charge is 0.496 e. The number of nitrogens with one attached hydrogen (secondary N) is 2. The van der Waals surface area contributed by atoms with E-state index < -0.39 is 0 Å². The molecule has 1 amide bonds. The topological polar surface area (TPSA) is 83.7 Å². The Morgan fingerprint density at radius 1 is 1.22 bits per heavy atom. The number of hydrogen-bond donors (Lipinski definition) is 2. The molecule has 7 nitrogen and oxygen atoms in total. The van der Waals surface area contributed by atoms with Crippen LogP contribution in [0.5, 0.6) is 11.5 Å². The van der Waals surface area contributed by atoms with E-state index in [4.69, 9.17) is 9.47 Å². The predicted molar refractivity (Wildman–Crippen MR) is 125 cm³/mol. The highest BCUT2D eigenvalue weighted by atomic mass is 16.5. The van der Waals surface area contributed by atoms with Gasteiger partial charge in [-0.25, -0.2) is 0 Å². The van der Waals surface area contributed by atoms with Crippen LogP contribution in [-0.2, 0) is 6.54 Å². The van der Waals surface area contributed by atoms with Crippen LogP contribution in [0.15, 0.2) is 47.3 Å². The average Bonchev–Trinajstić information content (AvgIpc) is 2.78. The number of aromatic nitrogens is 1. The van der Waals surface area contributed by atoms with Gasteiger partial charge in [0.2, 0.25) is 0 Å². The van der Waals surface area contributed by atoms with Gasteiger partial charge in [0.15, 0.2) is 5.75 Å². The number of nitrogens with zero attached hydrogens (tertiary/aromatic N) is 1. The smallest absolute Gasteiger partial charge is 0.255 e. The third-order valence-electron chi connectivity index (χ3n) is 5.74. The Bertz CT molecular complexity index is 1230. The number of rotatable bonds is 5. The van der Waals surface area contributed by atoms with E-state index in [9.17, 15) is 9.59 Å². The minimum Gasteiger partial charge on any atom is -0.496 e. The predicted octanol–water partition coefficient (Wildman–Crippen LogP) is 3.43. The number of anilines is 1. The van der Waals surface area contributed by atoms with Crippen LogP contribution in [0.4, 0.5) is 5.69 Å². The van der Waals surface area contributed by atoms with Crippen molar-refractivity contribution >= 4 is 11.6 Å². The maximum absolute atomic E-state index is 13.3. The number of methoxy groups -OCH3 is 1. The molecule has 0 radical (unpaired) electrons. The first-order chi connectivity index (χ1) is 15.4. The molecule has 4 rings (SSSR count). The van der Waals surface area contributed by atoms with Crippen LogP contribution in [0.25, 0.3) is 11.1 Å². The molecule has 2 aromatic carbocycles. The summed E-state index contributed by atoms with van der Waals surface area (Å²) < 4.78 is 11.4. The van der Waals surface area contributed by atoms with Crippen molar-refractivity contribution in [3.8, 4) is 22.6 Å². The van der Waals surface area contributed by atoms with E-state index in [2.05, 4.69) is 15.2 Å². The van der Waals surface area contributed by atoms with E-state index >= 15 is 0 Å². The highest BCUT2D eigenvalue weighted by Gasteiger charge is 2.25. The Morgan fingerprint density at radius 3 is 2.75 bits per heavy atom. The number of benzene rings is 2. The van der Waals surface area contributed by atoms with Gasteiger partial charge in [0.25, 0.3) is 11.5 Å². The van der Waals surface area contributed by atoms with Crippen molar-refractivity contribution in [2.75, 3.05) is 32.2 Å². The molecule has 0 spiro atoms. The summed E-state index contributed by atoms with van der Waals surface area (Å²) in [6.07, 6.45) is 0. The van der Waals surface area contributed by atoms with Crippen LogP contribution in [0, 0.1) is 13.8 Å². The summed E-state index contributed by atoms with van der Waals surface area (Å²) >= 11 is 0. The third kappa shape index (κ3) is 4.06. The Kier molecular flexibility index (Phi) is 5.90. The number of ether oxygens (including phenoxy) is 2. The lowest BCUT2D eigenvalue weighted by Crippen LogP contribution is -2.32. The van der Waals surface area contributed by atoms with Gasteiger partial charge in [-0.15, -0.1) is 0 Å². The summed E-state index contributed by atoms with van der Waals surface area (Å²) in [4.78, 5) is 30.5. The fourth-order valence-electron chi connectivity index (χ4n) is 4.03. The normalized spacial score (nSPS) is 12.7. The lowest BCUT2D eigenvalue weighted by Gasteiger charge is -2.30. The Morgan fingerprint density at radius 2 is 2.00 bits per heavy atom. The maximum atomic E-state index is 13.3. The second-order valence-corrected chi connectivity index (χ2v) is 7.97. The molecule has 0 bridgehead atoms. The van der Waals surface area contributed by atoms with Gasteiger partial charge in [-0.05, 0) is 49.2 Å². The first-order valence-corrected chi connectivity index (χ1v) is 10.5. The Hall–Kier alpha value is -3.74. The SMILES string of the molecule is COc1ccccc1-c1cc(C(=O)NCc2c(C)cc(C)[nH]c2=O)c2c(c1)N(C)CCO2. The first kappa shape index (κ1) is 21.5. The first-order valence-electron chi connectivity index (χ1n) is 10.5. The van der Waals surface area contributed by atoms with E-state index in [0.717, 1.165) is 40.4 Å². The molecule has 7 heteroatoms. The number of aryl methyl sites for hydroxylation is 2. The molecule has 1 aromatic heterocycles. The van der Waals surface area contributed by atoms with Crippen molar-refractivity contribution in [1.29, 1.82) is 0 Å². The second kappa shape index (κ2) is 8.78. The average molecular weight is 434 g/mol. The van der Waals surface area contributed by atoms with E-state index in [0.29, 0.717) is 23.5 Å². The molecule has 0 fully saturated rings. The van der Waals surface area contributed by atoms with Crippen molar-refractivity contribution < 1.29 is 14.3 Å². The van der Waals surface area contributed by atoms with Gasteiger partial charge in [-0.1, -0.05) is 18.2 Å². The van der Waals surface area contributed by atoms with Gasteiger partial charge in [-0.2, -0.15) is 0 Å². The molecule has 3 aromatic rings. The summed E-state index contributed by atoms with van der Waals surface area (Å²) in [6, 6.07) is 13.4. The third-order valence-corrected chi connectivity index (χ3v) is 5.74. The number of fused-ring (bicyclic) bond motifs is 1. The van der Waals surface area contributed by atoms with E-state index in [1.165, 1.54) is 0 Å². The molecular formula is C25H27N3O4. The van der Waals surface area contributed by atoms with Crippen LogP contribution in [0.1, 0.15) is 27.2 Å². The maximum Gasteiger partial charge on any atom is 0.255 e. The van der Waals surface area contributed by atoms with Crippen molar-refractivity contribution in [2.24, 2.45) is 0 Å². The van der Waals surface area contributed by atoms with Gasteiger partial charge >= 0.3 is 0 Å². The second-order valence-electron chi connectivity index (χ2n) is 7.97. The zero-order valence-corrected chi connectivity index (χ0v) is 18.7. The van der Waals surface area contributed by atoms with Crippen molar-refractivity contribution in [1.82, 2.24) is 10.3 Å². The number of pyridine rings is 1. The Labute approximate surface area is 187 Å². The summed E-state index contributed by atoms with van der Waals surface area (Å²) in [5, 5.41) is 2.90. The number of amides is 1.